The molecule has 1 aromatic carbocycles. The molecule has 0 aliphatic carbocycles. The van der Waals surface area contributed by atoms with Gasteiger partial charge in [-0.15, -0.1) is 0 Å². The van der Waals surface area contributed by atoms with Gasteiger partial charge in [-0.3, -0.25) is 4.79 Å². The number of aryl methyl sites for hydroxylation is 1. The maximum Gasteiger partial charge on any atom is 0.153 e. The van der Waals surface area contributed by atoms with Crippen molar-refractivity contribution in [3.63, 3.8) is 0 Å². The molecule has 70 valence electrons. The summed E-state index contributed by atoms with van der Waals surface area (Å²) in [6.07, 6.45) is 3.26. The number of benzene rings is 1. The summed E-state index contributed by atoms with van der Waals surface area (Å²) in [6.45, 7) is 2.06. The van der Waals surface area contributed by atoms with Gasteiger partial charge in [-0.25, -0.2) is 4.39 Å². The number of halogens is 1. The fourth-order valence-corrected chi connectivity index (χ4v) is 1.25. The van der Waals surface area contributed by atoms with E-state index in [1.165, 1.54) is 6.07 Å². The van der Waals surface area contributed by atoms with Crippen LogP contribution in [-0.2, 0) is 6.42 Å². The first kappa shape index (κ1) is 9.90. The second-order valence-electron chi connectivity index (χ2n) is 3.04. The van der Waals surface area contributed by atoms with Crippen LogP contribution in [0, 0.1) is 5.82 Å². The second kappa shape index (κ2) is 4.75. The Labute approximate surface area is 77.6 Å². The lowest BCUT2D eigenvalue weighted by atomic mass is 10.1. The van der Waals surface area contributed by atoms with E-state index in [4.69, 9.17) is 0 Å². The summed E-state index contributed by atoms with van der Waals surface area (Å²) < 4.78 is 13.4. The Morgan fingerprint density at radius 1 is 1.46 bits per heavy atom. The second-order valence-corrected chi connectivity index (χ2v) is 3.04. The number of aldehydes is 1. The molecule has 1 nitrogen and oxygen atoms in total. The number of rotatable bonds is 4. The maximum absolute atomic E-state index is 13.4. The van der Waals surface area contributed by atoms with E-state index in [0.29, 0.717) is 18.3 Å². The molecule has 0 N–H and O–H groups in total. The molecule has 0 radical (unpaired) electrons. The van der Waals surface area contributed by atoms with Gasteiger partial charge >= 0.3 is 0 Å². The van der Waals surface area contributed by atoms with E-state index in [-0.39, 0.29) is 11.4 Å². The van der Waals surface area contributed by atoms with Crippen molar-refractivity contribution in [2.75, 3.05) is 0 Å². The minimum Gasteiger partial charge on any atom is -0.298 e. The summed E-state index contributed by atoms with van der Waals surface area (Å²) in [4.78, 5) is 10.4. The van der Waals surface area contributed by atoms with Crippen molar-refractivity contribution in [1.82, 2.24) is 0 Å². The summed E-state index contributed by atoms with van der Waals surface area (Å²) in [7, 11) is 0. The molecule has 0 fully saturated rings. The zero-order valence-electron chi connectivity index (χ0n) is 7.72. The van der Waals surface area contributed by atoms with Crippen molar-refractivity contribution in [2.24, 2.45) is 0 Å². The molecular formula is C11H13FO. The Bertz CT molecular complexity index is 294. The van der Waals surface area contributed by atoms with Crippen LogP contribution in [0.2, 0.25) is 0 Å². The highest BCUT2D eigenvalue weighted by molar-refractivity contribution is 5.75. The molecule has 0 bridgehead atoms. The Morgan fingerprint density at radius 2 is 2.23 bits per heavy atom. The first-order valence-electron chi connectivity index (χ1n) is 4.52. The molecule has 0 aliphatic rings. The van der Waals surface area contributed by atoms with Gasteiger partial charge < -0.3 is 0 Å². The van der Waals surface area contributed by atoms with Crippen LogP contribution >= 0.6 is 0 Å². The zero-order chi connectivity index (χ0) is 9.68. The topological polar surface area (TPSA) is 17.1 Å². The van der Waals surface area contributed by atoms with Gasteiger partial charge in [0.1, 0.15) is 5.82 Å². The van der Waals surface area contributed by atoms with E-state index in [2.05, 4.69) is 6.92 Å². The van der Waals surface area contributed by atoms with Crippen LogP contribution in [-0.4, -0.2) is 6.29 Å². The first-order chi connectivity index (χ1) is 6.29. The number of unbranched alkanes of at least 4 members (excludes halogenated alkanes) is 1. The van der Waals surface area contributed by atoms with Crippen molar-refractivity contribution < 1.29 is 9.18 Å². The molecule has 0 spiro atoms. The molecule has 0 aromatic heterocycles. The molecule has 0 saturated carbocycles. The number of carbonyl (C=O) groups excluding carboxylic acids is 1. The van der Waals surface area contributed by atoms with Crippen LogP contribution in [0.3, 0.4) is 0 Å². The molecular weight excluding hydrogens is 167 g/mol. The van der Waals surface area contributed by atoms with Crippen molar-refractivity contribution in [1.29, 1.82) is 0 Å². The van der Waals surface area contributed by atoms with Gasteiger partial charge in [-0.2, -0.15) is 0 Å². The molecule has 0 aliphatic heterocycles. The average Bonchev–Trinajstić information content (AvgIpc) is 2.16. The number of hydrogen-bond donors (Lipinski definition) is 0. The predicted octanol–water partition coefficient (Wildman–Crippen LogP) is 2.98. The molecule has 0 saturated heterocycles. The van der Waals surface area contributed by atoms with Gasteiger partial charge in [0.05, 0.1) is 5.56 Å². The average molecular weight is 180 g/mol. The lowest BCUT2D eigenvalue weighted by Crippen LogP contribution is -1.95. The Kier molecular flexibility index (Phi) is 3.62. The van der Waals surface area contributed by atoms with Gasteiger partial charge in [0.15, 0.2) is 6.29 Å². The Balaban J connectivity index is 2.87. The molecule has 0 unspecified atom stereocenters. The third-order valence-corrected chi connectivity index (χ3v) is 2.04. The third-order valence-electron chi connectivity index (χ3n) is 2.04. The summed E-state index contributed by atoms with van der Waals surface area (Å²) in [6, 6.07) is 4.95. The van der Waals surface area contributed by atoms with Gasteiger partial charge in [0, 0.05) is 0 Å². The minimum absolute atomic E-state index is 0.161. The fourth-order valence-electron chi connectivity index (χ4n) is 1.25. The third kappa shape index (κ3) is 2.38. The van der Waals surface area contributed by atoms with E-state index in [1.807, 2.05) is 0 Å². The first-order valence-corrected chi connectivity index (χ1v) is 4.52. The smallest absolute Gasteiger partial charge is 0.153 e. The van der Waals surface area contributed by atoms with Crippen molar-refractivity contribution in [3.8, 4) is 0 Å². The molecule has 0 atom stereocenters. The van der Waals surface area contributed by atoms with E-state index in [0.717, 1.165) is 12.8 Å². The van der Waals surface area contributed by atoms with E-state index in [1.54, 1.807) is 12.1 Å². The highest BCUT2D eigenvalue weighted by Gasteiger charge is 2.05. The van der Waals surface area contributed by atoms with Crippen molar-refractivity contribution in [2.45, 2.75) is 26.2 Å². The molecule has 13 heavy (non-hydrogen) atoms. The van der Waals surface area contributed by atoms with E-state index in [9.17, 15) is 9.18 Å². The molecule has 0 heterocycles. The van der Waals surface area contributed by atoms with Crippen LogP contribution in [0.1, 0.15) is 35.7 Å². The van der Waals surface area contributed by atoms with Gasteiger partial charge in [0.25, 0.3) is 0 Å². The SMILES string of the molecule is CCCCc1cccc(C=O)c1F. The molecule has 2 heteroatoms. The fraction of sp³-hybridized carbons (Fsp3) is 0.364. The Hall–Kier alpha value is -1.18. The van der Waals surface area contributed by atoms with Gasteiger partial charge in [-0.1, -0.05) is 25.5 Å². The number of carbonyl (C=O) groups is 1. The summed E-state index contributed by atoms with van der Waals surface area (Å²) >= 11 is 0. The van der Waals surface area contributed by atoms with Crippen LogP contribution in [0.15, 0.2) is 18.2 Å². The summed E-state index contributed by atoms with van der Waals surface area (Å²) in [5.74, 6) is -0.356. The van der Waals surface area contributed by atoms with E-state index < -0.39 is 0 Å². The zero-order valence-corrected chi connectivity index (χ0v) is 7.72. The van der Waals surface area contributed by atoms with Gasteiger partial charge in [-0.05, 0) is 24.5 Å². The highest BCUT2D eigenvalue weighted by Crippen LogP contribution is 2.13. The monoisotopic (exact) mass is 180 g/mol. The quantitative estimate of drug-likeness (QED) is 0.651. The van der Waals surface area contributed by atoms with Crippen molar-refractivity contribution in [3.05, 3.63) is 35.1 Å². The van der Waals surface area contributed by atoms with Crippen molar-refractivity contribution >= 4 is 6.29 Å². The predicted molar refractivity (Wildman–Crippen MR) is 50.4 cm³/mol. The lowest BCUT2D eigenvalue weighted by molar-refractivity contribution is 0.111. The maximum atomic E-state index is 13.4. The minimum atomic E-state index is -0.356. The largest absolute Gasteiger partial charge is 0.298 e. The standard InChI is InChI=1S/C11H13FO/c1-2-3-5-9-6-4-7-10(8-13)11(9)12/h4,6-8H,2-3,5H2,1H3. The van der Waals surface area contributed by atoms with Gasteiger partial charge in [0.2, 0.25) is 0 Å². The molecule has 1 aromatic rings. The van der Waals surface area contributed by atoms with Crippen LogP contribution in [0.4, 0.5) is 4.39 Å². The normalized spacial score (nSPS) is 10.0. The molecule has 1 rings (SSSR count). The highest BCUT2D eigenvalue weighted by atomic mass is 19.1. The summed E-state index contributed by atoms with van der Waals surface area (Å²) in [5.41, 5.74) is 0.806. The Morgan fingerprint density at radius 3 is 2.85 bits per heavy atom. The van der Waals surface area contributed by atoms with Crippen LogP contribution in [0.25, 0.3) is 0 Å². The summed E-state index contributed by atoms with van der Waals surface area (Å²) in [5, 5.41) is 0. The van der Waals surface area contributed by atoms with E-state index >= 15 is 0 Å². The number of hydrogen-bond acceptors (Lipinski definition) is 1. The van der Waals surface area contributed by atoms with Crippen LogP contribution in [0.5, 0.6) is 0 Å². The van der Waals surface area contributed by atoms with Crippen LogP contribution < -0.4 is 0 Å². The molecule has 0 amide bonds. The lowest BCUT2D eigenvalue weighted by Gasteiger charge is -2.02.